The molecule has 1 saturated heterocycles. The summed E-state index contributed by atoms with van der Waals surface area (Å²) in [5, 5.41) is 4.50. The van der Waals surface area contributed by atoms with Crippen molar-refractivity contribution < 1.29 is 4.74 Å². The Morgan fingerprint density at radius 3 is 2.79 bits per heavy atom. The van der Waals surface area contributed by atoms with E-state index in [1.54, 1.807) is 7.11 Å². The summed E-state index contributed by atoms with van der Waals surface area (Å²) in [6.45, 7) is 6.18. The summed E-state index contributed by atoms with van der Waals surface area (Å²) in [5.41, 5.74) is 2.17. The topological polar surface area (TPSA) is 37.4 Å². The van der Waals surface area contributed by atoms with Crippen LogP contribution in [0, 0.1) is 6.92 Å². The number of rotatable bonds is 2. The molecule has 2 aromatic rings. The van der Waals surface area contributed by atoms with Crippen LogP contribution in [0.1, 0.15) is 5.56 Å². The van der Waals surface area contributed by atoms with E-state index in [9.17, 15) is 0 Å². The maximum absolute atomic E-state index is 5.42. The van der Waals surface area contributed by atoms with E-state index in [1.807, 2.05) is 12.1 Å². The van der Waals surface area contributed by atoms with E-state index >= 15 is 0 Å². The second-order valence-corrected chi connectivity index (χ2v) is 4.90. The van der Waals surface area contributed by atoms with Crippen molar-refractivity contribution >= 4 is 16.7 Å². The molecule has 0 aliphatic carbocycles. The molecule has 4 nitrogen and oxygen atoms in total. The summed E-state index contributed by atoms with van der Waals surface area (Å²) in [6, 6.07) is 8.25. The Balaban J connectivity index is 2.11. The van der Waals surface area contributed by atoms with Crippen molar-refractivity contribution in [2.45, 2.75) is 6.92 Å². The minimum Gasteiger partial charge on any atom is -0.494 e. The molecule has 1 aliphatic rings. The van der Waals surface area contributed by atoms with Crippen LogP contribution in [0.25, 0.3) is 10.9 Å². The molecule has 2 heterocycles. The van der Waals surface area contributed by atoms with Crippen molar-refractivity contribution in [2.75, 3.05) is 38.2 Å². The highest BCUT2D eigenvalue weighted by Crippen LogP contribution is 2.28. The minimum atomic E-state index is 0.842. The summed E-state index contributed by atoms with van der Waals surface area (Å²) in [7, 11) is 1.70. The van der Waals surface area contributed by atoms with Crippen LogP contribution >= 0.6 is 0 Å². The molecule has 0 radical (unpaired) electrons. The van der Waals surface area contributed by atoms with Gasteiger partial charge in [0.25, 0.3) is 0 Å². The van der Waals surface area contributed by atoms with Crippen molar-refractivity contribution in [3.05, 3.63) is 29.8 Å². The lowest BCUT2D eigenvalue weighted by Gasteiger charge is -2.29. The van der Waals surface area contributed by atoms with Crippen LogP contribution in [0.5, 0.6) is 5.75 Å². The standard InChI is InChI=1S/C15H19N3O/c1-11-10-12-4-3-5-13(19-2)14(12)17-15(11)18-8-6-16-7-9-18/h3-5,10,16H,6-9H2,1-2H3. The van der Waals surface area contributed by atoms with E-state index in [0.29, 0.717) is 0 Å². The zero-order valence-electron chi connectivity index (χ0n) is 11.4. The number of nitrogens with one attached hydrogen (secondary N) is 1. The van der Waals surface area contributed by atoms with Crippen molar-refractivity contribution in [1.29, 1.82) is 0 Å². The van der Waals surface area contributed by atoms with Gasteiger partial charge in [0.05, 0.1) is 7.11 Å². The van der Waals surface area contributed by atoms with Crippen molar-refractivity contribution in [3.63, 3.8) is 0 Å². The number of hydrogen-bond acceptors (Lipinski definition) is 4. The molecule has 100 valence electrons. The van der Waals surface area contributed by atoms with Gasteiger partial charge in [-0.2, -0.15) is 0 Å². The third kappa shape index (κ3) is 2.24. The molecule has 4 heteroatoms. The quantitative estimate of drug-likeness (QED) is 0.892. The summed E-state index contributed by atoms with van der Waals surface area (Å²) in [5.74, 6) is 1.92. The normalized spacial score (nSPS) is 15.8. The first-order valence-corrected chi connectivity index (χ1v) is 6.69. The van der Waals surface area contributed by atoms with Crippen LogP contribution in [0.3, 0.4) is 0 Å². The Labute approximate surface area is 113 Å². The predicted octanol–water partition coefficient (Wildman–Crippen LogP) is 1.96. The molecule has 19 heavy (non-hydrogen) atoms. The van der Waals surface area contributed by atoms with Gasteiger partial charge in [-0.25, -0.2) is 4.98 Å². The van der Waals surface area contributed by atoms with Gasteiger partial charge >= 0.3 is 0 Å². The Kier molecular flexibility index (Phi) is 3.25. The summed E-state index contributed by atoms with van der Waals surface area (Å²) >= 11 is 0. The van der Waals surface area contributed by atoms with Gasteiger partial charge in [0, 0.05) is 31.6 Å². The van der Waals surface area contributed by atoms with Gasteiger partial charge in [-0.15, -0.1) is 0 Å². The fourth-order valence-electron chi connectivity index (χ4n) is 2.63. The molecule has 3 rings (SSSR count). The number of ether oxygens (including phenoxy) is 1. The molecule has 0 atom stereocenters. The molecule has 0 saturated carbocycles. The third-order valence-electron chi connectivity index (χ3n) is 3.61. The number of piperazine rings is 1. The molecule has 1 aromatic heterocycles. The number of para-hydroxylation sites is 1. The summed E-state index contributed by atoms with van der Waals surface area (Å²) in [6.07, 6.45) is 0. The number of aromatic nitrogens is 1. The monoisotopic (exact) mass is 257 g/mol. The largest absolute Gasteiger partial charge is 0.494 e. The third-order valence-corrected chi connectivity index (χ3v) is 3.61. The molecule has 1 N–H and O–H groups in total. The maximum atomic E-state index is 5.42. The van der Waals surface area contributed by atoms with Gasteiger partial charge in [-0.05, 0) is 24.6 Å². The number of aryl methyl sites for hydroxylation is 1. The van der Waals surface area contributed by atoms with Crippen LogP contribution in [0.4, 0.5) is 5.82 Å². The lowest BCUT2D eigenvalue weighted by atomic mass is 10.1. The van der Waals surface area contributed by atoms with Crippen LogP contribution in [-0.2, 0) is 0 Å². The van der Waals surface area contributed by atoms with E-state index in [-0.39, 0.29) is 0 Å². The van der Waals surface area contributed by atoms with E-state index in [2.05, 4.69) is 29.3 Å². The highest BCUT2D eigenvalue weighted by molar-refractivity contribution is 5.87. The molecule has 1 fully saturated rings. The first-order chi connectivity index (χ1) is 9.29. The Morgan fingerprint density at radius 2 is 2.05 bits per heavy atom. The van der Waals surface area contributed by atoms with E-state index in [0.717, 1.165) is 48.6 Å². The number of anilines is 1. The second kappa shape index (κ2) is 5.05. The first-order valence-electron chi connectivity index (χ1n) is 6.69. The number of fused-ring (bicyclic) bond motifs is 1. The number of pyridine rings is 1. The molecule has 1 aliphatic heterocycles. The zero-order chi connectivity index (χ0) is 13.2. The predicted molar refractivity (Wildman–Crippen MR) is 78.1 cm³/mol. The Morgan fingerprint density at radius 1 is 1.26 bits per heavy atom. The van der Waals surface area contributed by atoms with Gasteiger partial charge in [0.2, 0.25) is 0 Å². The Bertz CT molecular complexity index is 591. The van der Waals surface area contributed by atoms with Crippen LogP contribution < -0.4 is 15.0 Å². The van der Waals surface area contributed by atoms with Gasteiger partial charge in [-0.1, -0.05) is 12.1 Å². The fourth-order valence-corrected chi connectivity index (χ4v) is 2.63. The van der Waals surface area contributed by atoms with E-state index < -0.39 is 0 Å². The number of methoxy groups -OCH3 is 1. The first kappa shape index (κ1) is 12.2. The molecule has 0 amide bonds. The lowest BCUT2D eigenvalue weighted by Crippen LogP contribution is -2.44. The smallest absolute Gasteiger partial charge is 0.145 e. The van der Waals surface area contributed by atoms with Gasteiger partial charge in [0.1, 0.15) is 17.1 Å². The maximum Gasteiger partial charge on any atom is 0.145 e. The van der Waals surface area contributed by atoms with Crippen LogP contribution in [0.15, 0.2) is 24.3 Å². The number of nitrogens with zero attached hydrogens (tertiary/aromatic N) is 2. The van der Waals surface area contributed by atoms with E-state index in [1.165, 1.54) is 5.56 Å². The van der Waals surface area contributed by atoms with Crippen molar-refractivity contribution in [3.8, 4) is 5.75 Å². The average Bonchev–Trinajstić information content (AvgIpc) is 2.46. The van der Waals surface area contributed by atoms with E-state index in [4.69, 9.17) is 9.72 Å². The molecule has 1 aromatic carbocycles. The number of benzene rings is 1. The number of hydrogen-bond donors (Lipinski definition) is 1. The van der Waals surface area contributed by atoms with Gasteiger partial charge in [-0.3, -0.25) is 0 Å². The zero-order valence-corrected chi connectivity index (χ0v) is 11.4. The molecular weight excluding hydrogens is 238 g/mol. The molecule has 0 unspecified atom stereocenters. The minimum absolute atomic E-state index is 0.842. The molecular formula is C15H19N3O. The van der Waals surface area contributed by atoms with Crippen molar-refractivity contribution in [1.82, 2.24) is 10.3 Å². The lowest BCUT2D eigenvalue weighted by molar-refractivity contribution is 0.419. The molecule has 0 spiro atoms. The van der Waals surface area contributed by atoms with Crippen LogP contribution in [-0.4, -0.2) is 38.3 Å². The highest BCUT2D eigenvalue weighted by Gasteiger charge is 2.15. The van der Waals surface area contributed by atoms with Gasteiger partial charge < -0.3 is 15.0 Å². The van der Waals surface area contributed by atoms with Crippen LogP contribution in [0.2, 0.25) is 0 Å². The SMILES string of the molecule is COc1cccc2cc(C)c(N3CCNCC3)nc12. The second-order valence-electron chi connectivity index (χ2n) is 4.90. The molecule has 0 bridgehead atoms. The Hall–Kier alpha value is -1.81. The summed E-state index contributed by atoms with van der Waals surface area (Å²) in [4.78, 5) is 7.19. The average molecular weight is 257 g/mol. The van der Waals surface area contributed by atoms with Crippen molar-refractivity contribution in [2.24, 2.45) is 0 Å². The van der Waals surface area contributed by atoms with Gasteiger partial charge in [0.15, 0.2) is 0 Å². The highest BCUT2D eigenvalue weighted by atomic mass is 16.5. The summed E-state index contributed by atoms with van der Waals surface area (Å²) < 4.78 is 5.42. The fraction of sp³-hybridized carbons (Fsp3) is 0.400.